The van der Waals surface area contributed by atoms with Gasteiger partial charge in [0, 0.05) is 29.5 Å². The number of aromatic nitrogens is 2. The van der Waals surface area contributed by atoms with Crippen molar-refractivity contribution in [1.82, 2.24) is 14.9 Å². The third-order valence-electron chi connectivity index (χ3n) is 5.16. The second-order valence-electron chi connectivity index (χ2n) is 7.49. The summed E-state index contributed by atoms with van der Waals surface area (Å²) in [6, 6.07) is 18.8. The maximum Gasteiger partial charge on any atom is 0.323 e. The molecule has 9 heteroatoms. The minimum absolute atomic E-state index is 0.216. The van der Waals surface area contributed by atoms with E-state index < -0.39 is 11.8 Å². The van der Waals surface area contributed by atoms with Crippen LogP contribution >= 0.6 is 11.8 Å². The van der Waals surface area contributed by atoms with Gasteiger partial charge < -0.3 is 19.7 Å². The van der Waals surface area contributed by atoms with Crippen molar-refractivity contribution in [2.75, 3.05) is 7.11 Å². The predicted molar refractivity (Wildman–Crippen MR) is 127 cm³/mol. The number of nitrogens with one attached hydrogen (secondary N) is 1. The molecule has 0 unspecified atom stereocenters. The number of nitrogens with zero attached hydrogens (tertiary/aromatic N) is 2. The van der Waals surface area contributed by atoms with Crippen LogP contribution < -0.4 is 10.1 Å². The van der Waals surface area contributed by atoms with Crippen molar-refractivity contribution >= 4 is 34.7 Å². The van der Waals surface area contributed by atoms with E-state index in [4.69, 9.17) is 4.74 Å². The predicted octanol–water partition coefficient (Wildman–Crippen LogP) is 4.49. The summed E-state index contributed by atoms with van der Waals surface area (Å²) in [5.74, 6) is -0.723. The Bertz CT molecular complexity index is 1340. The van der Waals surface area contributed by atoms with E-state index in [0.717, 1.165) is 11.1 Å². The quantitative estimate of drug-likeness (QED) is 0.344. The summed E-state index contributed by atoms with van der Waals surface area (Å²) in [7, 11) is 1.54. The maximum absolute atomic E-state index is 13.7. The fourth-order valence-electron chi connectivity index (χ4n) is 3.53. The van der Waals surface area contributed by atoms with Gasteiger partial charge in [0.15, 0.2) is 5.16 Å². The van der Waals surface area contributed by atoms with Crippen LogP contribution in [0.1, 0.15) is 21.5 Å². The van der Waals surface area contributed by atoms with Crippen molar-refractivity contribution in [3.05, 3.63) is 89.2 Å². The van der Waals surface area contributed by atoms with Gasteiger partial charge in [-0.25, -0.2) is 9.37 Å². The molecule has 0 saturated heterocycles. The number of ether oxygens (including phenoxy) is 1. The van der Waals surface area contributed by atoms with Crippen molar-refractivity contribution in [1.29, 1.82) is 0 Å². The molecule has 4 rings (SSSR count). The second kappa shape index (κ2) is 10.4. The molecule has 0 spiro atoms. The van der Waals surface area contributed by atoms with Gasteiger partial charge in [0.2, 0.25) is 0 Å². The number of benzene rings is 3. The number of fused-ring (bicyclic) bond motifs is 1. The molecule has 4 aromatic rings. The number of methoxy groups -OCH3 is 1. The third kappa shape index (κ3) is 5.37. The molecule has 0 atom stereocenters. The average Bonchev–Trinajstić information content (AvgIpc) is 3.17. The van der Waals surface area contributed by atoms with Crippen molar-refractivity contribution in [3.8, 4) is 5.75 Å². The first-order chi connectivity index (χ1) is 16.4. The molecule has 7 nitrogen and oxygen atoms in total. The number of rotatable bonds is 9. The molecule has 34 heavy (non-hydrogen) atoms. The molecule has 0 bridgehead atoms. The number of carboxylic acid groups (broad SMARTS) is 1. The van der Waals surface area contributed by atoms with Crippen LogP contribution in [0.15, 0.2) is 71.9 Å². The molecule has 1 aromatic heterocycles. The number of carbonyl (C=O) groups is 2. The minimum atomic E-state index is -1.03. The molecule has 0 fully saturated rings. The fourth-order valence-corrected chi connectivity index (χ4v) is 4.53. The van der Waals surface area contributed by atoms with Gasteiger partial charge in [0.25, 0.3) is 5.91 Å². The van der Waals surface area contributed by atoms with Crippen LogP contribution in [0.2, 0.25) is 0 Å². The number of hydrogen-bond acceptors (Lipinski definition) is 5. The lowest BCUT2D eigenvalue weighted by Gasteiger charge is -2.12. The molecule has 3 aromatic carbocycles. The molecule has 0 aliphatic rings. The zero-order chi connectivity index (χ0) is 24.1. The molecule has 1 heterocycles. The monoisotopic (exact) mass is 479 g/mol. The van der Waals surface area contributed by atoms with Crippen molar-refractivity contribution < 1.29 is 23.8 Å². The number of thioether (sulfide) groups is 1. The topological polar surface area (TPSA) is 93.5 Å². The van der Waals surface area contributed by atoms with E-state index in [2.05, 4.69) is 10.3 Å². The number of carboxylic acids is 1. The molecule has 0 aliphatic heterocycles. The van der Waals surface area contributed by atoms with E-state index in [9.17, 15) is 19.1 Å². The summed E-state index contributed by atoms with van der Waals surface area (Å²) in [6.45, 7) is 0.106. The van der Waals surface area contributed by atoms with Crippen LogP contribution in [0, 0.1) is 5.82 Å². The van der Waals surface area contributed by atoms with Gasteiger partial charge in [0.1, 0.15) is 18.1 Å². The summed E-state index contributed by atoms with van der Waals surface area (Å²) >= 11 is 1.29. The zero-order valence-electron chi connectivity index (χ0n) is 18.3. The number of amides is 1. The first-order valence-electron chi connectivity index (χ1n) is 10.4. The Morgan fingerprint density at radius 1 is 1.12 bits per heavy atom. The normalized spacial score (nSPS) is 10.9. The highest BCUT2D eigenvalue weighted by Crippen LogP contribution is 2.31. The Hall–Kier alpha value is -3.85. The van der Waals surface area contributed by atoms with Crippen LogP contribution in [0.25, 0.3) is 11.0 Å². The molecule has 2 N–H and O–H groups in total. The second-order valence-corrected chi connectivity index (χ2v) is 8.43. The van der Waals surface area contributed by atoms with Crippen molar-refractivity contribution in [3.63, 3.8) is 0 Å². The van der Waals surface area contributed by atoms with E-state index in [1.165, 1.54) is 34.5 Å². The Balaban J connectivity index is 1.55. The lowest BCUT2D eigenvalue weighted by atomic mass is 10.1. The maximum atomic E-state index is 13.7. The Labute approximate surface area is 199 Å². The van der Waals surface area contributed by atoms with Gasteiger partial charge in [0.05, 0.1) is 18.1 Å². The standard InChI is InChI=1S/C25H22FN3O4S/c1-33-22-10-7-17(24(32)27-13-16-5-3-2-4-6-16)11-18(22)15-34-25-28-20-12-19(26)8-9-21(20)29(25)14-23(30)31/h2-12H,13-15H2,1H3,(H,27,32)(H,30,31). The van der Waals surface area contributed by atoms with Crippen LogP contribution in [-0.4, -0.2) is 33.6 Å². The number of aliphatic carboxylic acids is 1. The molecule has 174 valence electrons. The number of carbonyl (C=O) groups excluding carboxylic acids is 1. The lowest BCUT2D eigenvalue weighted by Crippen LogP contribution is -2.22. The number of halogens is 1. The molecule has 1 amide bonds. The largest absolute Gasteiger partial charge is 0.496 e. The fraction of sp³-hybridized carbons (Fsp3) is 0.160. The van der Waals surface area contributed by atoms with Gasteiger partial charge in [-0.15, -0.1) is 0 Å². The van der Waals surface area contributed by atoms with Crippen LogP contribution in [0.3, 0.4) is 0 Å². The minimum Gasteiger partial charge on any atom is -0.496 e. The molecular formula is C25H22FN3O4S. The smallest absolute Gasteiger partial charge is 0.323 e. The zero-order valence-corrected chi connectivity index (χ0v) is 19.1. The van der Waals surface area contributed by atoms with E-state index in [1.54, 1.807) is 25.3 Å². The molecule has 0 radical (unpaired) electrons. The van der Waals surface area contributed by atoms with E-state index in [-0.39, 0.29) is 12.5 Å². The Morgan fingerprint density at radius 3 is 2.65 bits per heavy atom. The van der Waals surface area contributed by atoms with Crippen LogP contribution in [0.4, 0.5) is 4.39 Å². The summed E-state index contributed by atoms with van der Waals surface area (Å²) in [4.78, 5) is 28.5. The number of imidazole rings is 1. The molecule has 0 aliphatic carbocycles. The molecule has 0 saturated carbocycles. The van der Waals surface area contributed by atoms with Gasteiger partial charge in [-0.2, -0.15) is 0 Å². The van der Waals surface area contributed by atoms with Crippen molar-refractivity contribution in [2.24, 2.45) is 0 Å². The Morgan fingerprint density at radius 2 is 1.91 bits per heavy atom. The van der Waals surface area contributed by atoms with E-state index >= 15 is 0 Å². The first kappa shape index (κ1) is 23.3. The van der Waals surface area contributed by atoms with Crippen LogP contribution in [0.5, 0.6) is 5.75 Å². The van der Waals surface area contributed by atoms with Gasteiger partial charge in [-0.1, -0.05) is 42.1 Å². The number of hydrogen-bond donors (Lipinski definition) is 2. The summed E-state index contributed by atoms with van der Waals surface area (Å²) < 4.78 is 20.6. The highest BCUT2D eigenvalue weighted by molar-refractivity contribution is 7.98. The van der Waals surface area contributed by atoms with Gasteiger partial charge in [-0.05, 0) is 35.9 Å². The molecular weight excluding hydrogens is 457 g/mol. The summed E-state index contributed by atoms with van der Waals surface area (Å²) in [5, 5.41) is 12.7. The van der Waals surface area contributed by atoms with E-state index in [1.807, 2.05) is 30.3 Å². The lowest BCUT2D eigenvalue weighted by molar-refractivity contribution is -0.137. The summed E-state index contributed by atoms with van der Waals surface area (Å²) in [5.41, 5.74) is 3.14. The highest BCUT2D eigenvalue weighted by atomic mass is 32.2. The van der Waals surface area contributed by atoms with Gasteiger partial charge >= 0.3 is 5.97 Å². The van der Waals surface area contributed by atoms with E-state index in [0.29, 0.717) is 39.8 Å². The highest BCUT2D eigenvalue weighted by Gasteiger charge is 2.16. The average molecular weight is 480 g/mol. The van der Waals surface area contributed by atoms with Crippen LogP contribution in [-0.2, 0) is 23.6 Å². The summed E-state index contributed by atoms with van der Waals surface area (Å²) in [6.07, 6.45) is 0. The first-order valence-corrected chi connectivity index (χ1v) is 11.4. The third-order valence-corrected chi connectivity index (χ3v) is 6.19. The Kier molecular flexibility index (Phi) is 7.12. The SMILES string of the molecule is COc1ccc(C(=O)NCc2ccccc2)cc1CSc1nc2cc(F)ccc2n1CC(=O)O. The van der Waals surface area contributed by atoms with Gasteiger partial charge in [-0.3, -0.25) is 9.59 Å². The van der Waals surface area contributed by atoms with Crippen molar-refractivity contribution in [2.45, 2.75) is 24.0 Å².